The van der Waals surface area contributed by atoms with Crippen LogP contribution in [0, 0.1) is 0 Å². The molecule has 3 heteroatoms. The van der Waals surface area contributed by atoms with Gasteiger partial charge in [0.25, 0.3) is 0 Å². The first-order valence-corrected chi connectivity index (χ1v) is 7.41. The predicted molar refractivity (Wildman–Crippen MR) is 88.6 cm³/mol. The highest BCUT2D eigenvalue weighted by Gasteiger charge is 2.03. The standard InChI is InChI=1S/C19H20O3/c1-3-21-17-9-5-7-15(13-17)11-12-19(20)16-8-6-10-18(14-16)22-4-2/h5-14H,3-4H2,1-2H3. The molecule has 0 bridgehead atoms. The van der Waals surface area contributed by atoms with E-state index >= 15 is 0 Å². The topological polar surface area (TPSA) is 35.5 Å². The van der Waals surface area contributed by atoms with E-state index in [2.05, 4.69) is 0 Å². The Bertz CT molecular complexity index is 659. The fraction of sp³-hybridized carbons (Fsp3) is 0.211. The number of hydrogen-bond donors (Lipinski definition) is 0. The minimum atomic E-state index is -0.0524. The van der Waals surface area contributed by atoms with Gasteiger partial charge >= 0.3 is 0 Å². The molecule has 0 saturated heterocycles. The van der Waals surface area contributed by atoms with Crippen molar-refractivity contribution in [2.24, 2.45) is 0 Å². The van der Waals surface area contributed by atoms with E-state index < -0.39 is 0 Å². The van der Waals surface area contributed by atoms with Crippen molar-refractivity contribution in [1.29, 1.82) is 0 Å². The lowest BCUT2D eigenvalue weighted by atomic mass is 10.1. The molecule has 0 spiro atoms. The van der Waals surface area contributed by atoms with Gasteiger partial charge in [0, 0.05) is 5.56 Å². The van der Waals surface area contributed by atoms with E-state index in [-0.39, 0.29) is 5.78 Å². The molecule has 0 amide bonds. The minimum Gasteiger partial charge on any atom is -0.494 e. The van der Waals surface area contributed by atoms with Gasteiger partial charge in [-0.3, -0.25) is 4.79 Å². The molecule has 0 fully saturated rings. The Kier molecular flexibility index (Phi) is 5.78. The fourth-order valence-corrected chi connectivity index (χ4v) is 2.05. The third kappa shape index (κ3) is 4.48. The number of ether oxygens (including phenoxy) is 2. The molecule has 3 nitrogen and oxygen atoms in total. The lowest BCUT2D eigenvalue weighted by molar-refractivity contribution is 0.104. The van der Waals surface area contributed by atoms with Gasteiger partial charge in [-0.25, -0.2) is 0 Å². The first-order valence-electron chi connectivity index (χ1n) is 7.41. The van der Waals surface area contributed by atoms with E-state index in [4.69, 9.17) is 9.47 Å². The number of allylic oxidation sites excluding steroid dienone is 1. The highest BCUT2D eigenvalue weighted by molar-refractivity contribution is 6.07. The summed E-state index contributed by atoms with van der Waals surface area (Å²) in [7, 11) is 0. The van der Waals surface area contributed by atoms with Gasteiger partial charge < -0.3 is 9.47 Å². The van der Waals surface area contributed by atoms with Crippen molar-refractivity contribution in [1.82, 2.24) is 0 Å². The Hall–Kier alpha value is -2.55. The molecule has 0 N–H and O–H groups in total. The Morgan fingerprint density at radius 2 is 1.59 bits per heavy atom. The van der Waals surface area contributed by atoms with Crippen LogP contribution >= 0.6 is 0 Å². The zero-order chi connectivity index (χ0) is 15.8. The van der Waals surface area contributed by atoms with E-state index in [1.54, 1.807) is 24.3 Å². The predicted octanol–water partition coefficient (Wildman–Crippen LogP) is 4.38. The van der Waals surface area contributed by atoms with Gasteiger partial charge in [0.05, 0.1) is 13.2 Å². The second-order valence-corrected chi connectivity index (χ2v) is 4.66. The van der Waals surface area contributed by atoms with Gasteiger partial charge in [-0.1, -0.05) is 30.3 Å². The molecule has 2 aromatic carbocycles. The molecular weight excluding hydrogens is 276 g/mol. The van der Waals surface area contributed by atoms with Gasteiger partial charge in [-0.2, -0.15) is 0 Å². The van der Waals surface area contributed by atoms with E-state index in [0.29, 0.717) is 24.5 Å². The maximum absolute atomic E-state index is 12.2. The lowest BCUT2D eigenvalue weighted by Crippen LogP contribution is -1.97. The zero-order valence-electron chi connectivity index (χ0n) is 12.9. The molecule has 0 aromatic heterocycles. The molecule has 0 aliphatic carbocycles. The van der Waals surface area contributed by atoms with Crippen molar-refractivity contribution in [3.05, 3.63) is 65.7 Å². The highest BCUT2D eigenvalue weighted by atomic mass is 16.5. The third-order valence-corrected chi connectivity index (χ3v) is 3.03. The number of hydrogen-bond acceptors (Lipinski definition) is 3. The summed E-state index contributed by atoms with van der Waals surface area (Å²) in [5.41, 5.74) is 1.54. The lowest BCUT2D eigenvalue weighted by Gasteiger charge is -2.04. The molecule has 22 heavy (non-hydrogen) atoms. The Labute approximate surface area is 131 Å². The van der Waals surface area contributed by atoms with Crippen LogP contribution in [0.1, 0.15) is 29.8 Å². The number of carbonyl (C=O) groups is 1. The second kappa shape index (κ2) is 8.03. The van der Waals surface area contributed by atoms with E-state index in [1.165, 1.54) is 0 Å². The second-order valence-electron chi connectivity index (χ2n) is 4.66. The van der Waals surface area contributed by atoms with Crippen LogP contribution in [0.3, 0.4) is 0 Å². The van der Waals surface area contributed by atoms with Crippen LogP contribution in [-0.2, 0) is 0 Å². The van der Waals surface area contributed by atoms with Gasteiger partial charge in [-0.15, -0.1) is 0 Å². The average molecular weight is 296 g/mol. The van der Waals surface area contributed by atoms with Crippen LogP contribution in [0.5, 0.6) is 11.5 Å². The molecule has 0 aliphatic heterocycles. The molecule has 0 unspecified atom stereocenters. The van der Waals surface area contributed by atoms with Crippen LogP contribution in [0.25, 0.3) is 6.08 Å². The van der Waals surface area contributed by atoms with Crippen molar-refractivity contribution >= 4 is 11.9 Å². The first-order chi connectivity index (χ1) is 10.7. The van der Waals surface area contributed by atoms with Crippen molar-refractivity contribution in [2.75, 3.05) is 13.2 Å². The third-order valence-electron chi connectivity index (χ3n) is 3.03. The summed E-state index contributed by atoms with van der Waals surface area (Å²) in [6, 6.07) is 14.8. The largest absolute Gasteiger partial charge is 0.494 e. The molecule has 0 saturated carbocycles. The molecule has 114 valence electrons. The van der Waals surface area contributed by atoms with Crippen LogP contribution in [-0.4, -0.2) is 19.0 Å². The van der Waals surface area contributed by atoms with Crippen LogP contribution in [0.4, 0.5) is 0 Å². The van der Waals surface area contributed by atoms with E-state index in [0.717, 1.165) is 11.3 Å². The average Bonchev–Trinajstić information content (AvgIpc) is 2.54. The number of ketones is 1. The van der Waals surface area contributed by atoms with Gasteiger partial charge in [0.15, 0.2) is 5.78 Å². The van der Waals surface area contributed by atoms with Gasteiger partial charge in [-0.05, 0) is 49.8 Å². The van der Waals surface area contributed by atoms with E-state index in [9.17, 15) is 4.79 Å². The summed E-state index contributed by atoms with van der Waals surface area (Å²) >= 11 is 0. The van der Waals surface area contributed by atoms with Crippen molar-refractivity contribution in [3.63, 3.8) is 0 Å². The Morgan fingerprint density at radius 1 is 0.955 bits per heavy atom. The molecule has 0 radical (unpaired) electrons. The molecule has 0 heterocycles. The maximum atomic E-state index is 12.2. The molecular formula is C19H20O3. The quantitative estimate of drug-likeness (QED) is 0.562. The molecule has 0 aliphatic rings. The highest BCUT2D eigenvalue weighted by Crippen LogP contribution is 2.16. The van der Waals surface area contributed by atoms with Crippen molar-refractivity contribution in [3.8, 4) is 11.5 Å². The fourth-order valence-electron chi connectivity index (χ4n) is 2.05. The first kappa shape index (κ1) is 15.8. The van der Waals surface area contributed by atoms with Crippen LogP contribution in [0.15, 0.2) is 54.6 Å². The Balaban J connectivity index is 2.10. The summed E-state index contributed by atoms with van der Waals surface area (Å²) in [6.45, 7) is 5.06. The van der Waals surface area contributed by atoms with Crippen LogP contribution < -0.4 is 9.47 Å². The van der Waals surface area contributed by atoms with E-state index in [1.807, 2.05) is 50.2 Å². The van der Waals surface area contributed by atoms with Gasteiger partial charge in [0.1, 0.15) is 11.5 Å². The van der Waals surface area contributed by atoms with Crippen LogP contribution in [0.2, 0.25) is 0 Å². The molecule has 0 atom stereocenters. The monoisotopic (exact) mass is 296 g/mol. The zero-order valence-corrected chi connectivity index (χ0v) is 12.9. The minimum absolute atomic E-state index is 0.0524. The molecule has 2 aromatic rings. The van der Waals surface area contributed by atoms with Crippen molar-refractivity contribution in [2.45, 2.75) is 13.8 Å². The summed E-state index contributed by atoms with van der Waals surface area (Å²) in [4.78, 5) is 12.2. The normalized spacial score (nSPS) is 10.6. The Morgan fingerprint density at radius 3 is 2.27 bits per heavy atom. The maximum Gasteiger partial charge on any atom is 0.185 e. The SMILES string of the molecule is CCOc1cccc(C=CC(=O)c2cccc(OCC)c2)c1. The smallest absolute Gasteiger partial charge is 0.185 e. The summed E-state index contributed by atoms with van der Waals surface area (Å²) in [6.07, 6.45) is 3.36. The number of carbonyl (C=O) groups excluding carboxylic acids is 1. The summed E-state index contributed by atoms with van der Waals surface area (Å²) in [5, 5.41) is 0. The van der Waals surface area contributed by atoms with Gasteiger partial charge in [0.2, 0.25) is 0 Å². The molecule has 2 rings (SSSR count). The van der Waals surface area contributed by atoms with Crippen molar-refractivity contribution < 1.29 is 14.3 Å². The summed E-state index contributed by atoms with van der Waals surface area (Å²) < 4.78 is 10.9. The number of rotatable bonds is 7. The summed E-state index contributed by atoms with van der Waals surface area (Å²) in [5.74, 6) is 1.46. The number of benzene rings is 2.